The molecule has 0 spiro atoms. The summed E-state index contributed by atoms with van der Waals surface area (Å²) in [6.07, 6.45) is 1.52. The predicted octanol–water partition coefficient (Wildman–Crippen LogP) is 3.77. The van der Waals surface area contributed by atoms with Crippen molar-refractivity contribution in [2.75, 3.05) is 13.2 Å². The summed E-state index contributed by atoms with van der Waals surface area (Å²) < 4.78 is 5.53. The first-order chi connectivity index (χ1) is 15.5. The number of benzene rings is 2. The van der Waals surface area contributed by atoms with E-state index in [-0.39, 0.29) is 24.9 Å². The molecule has 7 nitrogen and oxygen atoms in total. The van der Waals surface area contributed by atoms with Gasteiger partial charge in [-0.05, 0) is 48.4 Å². The highest BCUT2D eigenvalue weighted by Gasteiger charge is 2.33. The van der Waals surface area contributed by atoms with E-state index in [1.165, 1.54) is 4.90 Å². The zero-order valence-electron chi connectivity index (χ0n) is 18.1. The molecule has 0 bridgehead atoms. The second kappa shape index (κ2) is 9.42. The molecule has 2 aromatic carbocycles. The van der Waals surface area contributed by atoms with Gasteiger partial charge in [0.05, 0.1) is 0 Å². The van der Waals surface area contributed by atoms with Crippen LogP contribution in [-0.2, 0) is 14.3 Å². The number of carboxylic acids is 1. The van der Waals surface area contributed by atoms with E-state index in [2.05, 4.69) is 29.6 Å². The lowest BCUT2D eigenvalue weighted by Gasteiger charge is -2.33. The van der Waals surface area contributed by atoms with Gasteiger partial charge in [-0.25, -0.2) is 9.59 Å². The molecule has 2 atom stereocenters. The van der Waals surface area contributed by atoms with Crippen molar-refractivity contribution < 1.29 is 24.2 Å². The third kappa shape index (κ3) is 4.47. The van der Waals surface area contributed by atoms with Crippen LogP contribution in [0.1, 0.15) is 49.7 Å². The molecule has 1 aliphatic heterocycles. The Morgan fingerprint density at radius 3 is 2.31 bits per heavy atom. The van der Waals surface area contributed by atoms with Gasteiger partial charge < -0.3 is 20.1 Å². The highest BCUT2D eigenvalue weighted by Crippen LogP contribution is 2.44. The van der Waals surface area contributed by atoms with Crippen molar-refractivity contribution >= 4 is 18.0 Å². The van der Waals surface area contributed by atoms with Gasteiger partial charge in [0.25, 0.3) is 0 Å². The Morgan fingerprint density at radius 2 is 1.69 bits per heavy atom. The Hall–Kier alpha value is -3.35. The smallest absolute Gasteiger partial charge is 0.407 e. The van der Waals surface area contributed by atoms with E-state index < -0.39 is 24.1 Å². The minimum atomic E-state index is -0.977. The lowest BCUT2D eigenvalue weighted by molar-refractivity contribution is -0.152. The average Bonchev–Trinajstić information content (AvgIpc) is 3.11. The Bertz CT molecular complexity index is 975. The zero-order chi connectivity index (χ0) is 22.7. The molecule has 1 saturated heterocycles. The molecule has 0 radical (unpaired) electrons. The summed E-state index contributed by atoms with van der Waals surface area (Å²) in [4.78, 5) is 37.9. The molecule has 1 heterocycles. The van der Waals surface area contributed by atoms with E-state index in [4.69, 9.17) is 4.74 Å². The van der Waals surface area contributed by atoms with Crippen LogP contribution in [0, 0.1) is 0 Å². The van der Waals surface area contributed by atoms with E-state index in [9.17, 15) is 19.5 Å². The molecule has 1 aliphatic carbocycles. The number of carbonyl (C=O) groups excluding carboxylic acids is 2. The second-order valence-electron chi connectivity index (χ2n) is 8.51. The number of alkyl carbamates (subject to hydrolysis) is 1. The van der Waals surface area contributed by atoms with Crippen LogP contribution in [0.25, 0.3) is 11.1 Å². The van der Waals surface area contributed by atoms with Gasteiger partial charge in [-0.3, -0.25) is 4.79 Å². The van der Waals surface area contributed by atoms with Crippen LogP contribution in [0.5, 0.6) is 0 Å². The van der Waals surface area contributed by atoms with Crippen LogP contribution in [0.3, 0.4) is 0 Å². The van der Waals surface area contributed by atoms with Crippen LogP contribution in [0.4, 0.5) is 4.79 Å². The van der Waals surface area contributed by atoms with Gasteiger partial charge in [0.2, 0.25) is 5.91 Å². The van der Waals surface area contributed by atoms with Crippen molar-refractivity contribution in [3.8, 4) is 11.1 Å². The molecule has 2 aromatic rings. The third-order valence-corrected chi connectivity index (χ3v) is 6.30. The fourth-order valence-electron chi connectivity index (χ4n) is 4.76. The number of likely N-dealkylation sites (tertiary alicyclic amines) is 1. The first kappa shape index (κ1) is 21.9. The standard InChI is InChI=1S/C25H28N2O5/c1-16(14-23(28)27-13-7-6-12-22(27)24(29)30)26-25(31)32-15-21-19-10-4-2-8-17(19)18-9-3-5-11-20(18)21/h2-5,8-11,16,21-22H,6-7,12-15H2,1H3,(H,26,31)(H,29,30)/t16?,22-/m1/s1. The van der Waals surface area contributed by atoms with Crippen molar-refractivity contribution in [1.29, 1.82) is 0 Å². The number of nitrogens with one attached hydrogen (secondary N) is 1. The molecule has 0 saturated carbocycles. The monoisotopic (exact) mass is 436 g/mol. The number of hydrogen-bond acceptors (Lipinski definition) is 4. The van der Waals surface area contributed by atoms with Crippen LogP contribution >= 0.6 is 0 Å². The van der Waals surface area contributed by atoms with Gasteiger partial charge in [0, 0.05) is 24.9 Å². The van der Waals surface area contributed by atoms with Crippen LogP contribution < -0.4 is 5.32 Å². The molecule has 2 aliphatic rings. The summed E-state index contributed by atoms with van der Waals surface area (Å²) >= 11 is 0. The normalized spacial score (nSPS) is 18.4. The number of fused-ring (bicyclic) bond motifs is 3. The molecule has 2 amide bonds. The quantitative estimate of drug-likeness (QED) is 0.719. The number of piperidine rings is 1. The summed E-state index contributed by atoms with van der Waals surface area (Å²) in [6, 6.07) is 15.0. The molecule has 4 rings (SSSR count). The molecule has 7 heteroatoms. The van der Waals surface area contributed by atoms with E-state index in [0.717, 1.165) is 35.1 Å². The van der Waals surface area contributed by atoms with Gasteiger partial charge in [0.15, 0.2) is 0 Å². The van der Waals surface area contributed by atoms with E-state index in [1.807, 2.05) is 24.3 Å². The average molecular weight is 437 g/mol. The second-order valence-corrected chi connectivity index (χ2v) is 8.51. The molecular weight excluding hydrogens is 408 g/mol. The van der Waals surface area contributed by atoms with E-state index >= 15 is 0 Å². The van der Waals surface area contributed by atoms with Crippen molar-refractivity contribution in [3.05, 3.63) is 59.7 Å². The maximum absolute atomic E-state index is 12.6. The number of carboxylic acid groups (broad SMARTS) is 1. The fraction of sp³-hybridized carbons (Fsp3) is 0.400. The van der Waals surface area contributed by atoms with Gasteiger partial charge in [-0.15, -0.1) is 0 Å². The first-order valence-corrected chi connectivity index (χ1v) is 11.1. The molecule has 168 valence electrons. The Kier molecular flexibility index (Phi) is 6.44. The van der Waals surface area contributed by atoms with E-state index in [0.29, 0.717) is 13.0 Å². The molecule has 0 aromatic heterocycles. The molecule has 2 N–H and O–H groups in total. The lowest BCUT2D eigenvalue weighted by atomic mass is 9.98. The summed E-state index contributed by atoms with van der Waals surface area (Å²) in [5.41, 5.74) is 4.58. The minimum Gasteiger partial charge on any atom is -0.480 e. The molecule has 1 unspecified atom stereocenters. The Balaban J connectivity index is 1.32. The van der Waals surface area contributed by atoms with Crippen molar-refractivity contribution in [3.63, 3.8) is 0 Å². The summed E-state index contributed by atoms with van der Waals surface area (Å²) in [5, 5.41) is 12.1. The van der Waals surface area contributed by atoms with Crippen LogP contribution in [0.15, 0.2) is 48.5 Å². The van der Waals surface area contributed by atoms with Crippen molar-refractivity contribution in [2.45, 2.75) is 50.6 Å². The topological polar surface area (TPSA) is 95.9 Å². The number of carbonyl (C=O) groups is 3. The number of amides is 2. The first-order valence-electron chi connectivity index (χ1n) is 11.1. The summed E-state index contributed by atoms with van der Waals surface area (Å²) in [6.45, 7) is 2.36. The van der Waals surface area contributed by atoms with Gasteiger partial charge in [0.1, 0.15) is 12.6 Å². The minimum absolute atomic E-state index is 0.0326. The molecular formula is C25H28N2O5. The van der Waals surface area contributed by atoms with Crippen molar-refractivity contribution in [2.24, 2.45) is 0 Å². The third-order valence-electron chi connectivity index (χ3n) is 6.30. The van der Waals surface area contributed by atoms with Gasteiger partial charge >= 0.3 is 12.1 Å². The number of nitrogens with zero attached hydrogens (tertiary/aromatic N) is 1. The predicted molar refractivity (Wildman–Crippen MR) is 119 cm³/mol. The Morgan fingerprint density at radius 1 is 1.06 bits per heavy atom. The van der Waals surface area contributed by atoms with Crippen LogP contribution in [-0.4, -0.2) is 53.2 Å². The highest BCUT2D eigenvalue weighted by molar-refractivity contribution is 5.84. The number of aliphatic carboxylic acids is 1. The fourth-order valence-corrected chi connectivity index (χ4v) is 4.76. The maximum Gasteiger partial charge on any atom is 0.407 e. The van der Waals surface area contributed by atoms with Gasteiger partial charge in [-0.2, -0.15) is 0 Å². The summed E-state index contributed by atoms with van der Waals surface area (Å²) in [5.74, 6) is -1.27. The highest BCUT2D eigenvalue weighted by atomic mass is 16.5. The SMILES string of the molecule is CC(CC(=O)N1CCCC[C@@H]1C(=O)O)NC(=O)OCC1c2ccccc2-c2ccccc21. The molecule has 1 fully saturated rings. The van der Waals surface area contributed by atoms with E-state index in [1.54, 1.807) is 6.92 Å². The number of rotatable bonds is 6. The maximum atomic E-state index is 12.6. The number of ether oxygens (including phenoxy) is 1. The molecule has 32 heavy (non-hydrogen) atoms. The van der Waals surface area contributed by atoms with Gasteiger partial charge in [-0.1, -0.05) is 48.5 Å². The van der Waals surface area contributed by atoms with Crippen molar-refractivity contribution in [1.82, 2.24) is 10.2 Å². The van der Waals surface area contributed by atoms with Crippen LogP contribution in [0.2, 0.25) is 0 Å². The Labute approximate surface area is 187 Å². The number of hydrogen-bond donors (Lipinski definition) is 2. The zero-order valence-corrected chi connectivity index (χ0v) is 18.1. The lowest BCUT2D eigenvalue weighted by Crippen LogP contribution is -2.49. The largest absolute Gasteiger partial charge is 0.480 e. The summed E-state index contributed by atoms with van der Waals surface area (Å²) in [7, 11) is 0.